The van der Waals surface area contributed by atoms with E-state index in [1.807, 2.05) is 0 Å². The molecule has 4 heteroatoms. The number of primary amides is 1. The van der Waals surface area contributed by atoms with Gasteiger partial charge < -0.3 is 15.9 Å². The molecule has 0 aliphatic heterocycles. The molecule has 0 unspecified atom stereocenters. The maximum absolute atomic E-state index is 10.1. The second-order valence-corrected chi connectivity index (χ2v) is 2.19. The van der Waals surface area contributed by atoms with Crippen molar-refractivity contribution in [2.24, 2.45) is 5.73 Å². The second-order valence-electron chi connectivity index (χ2n) is 2.19. The lowest BCUT2D eigenvalue weighted by Gasteiger charge is -2.00. The first-order valence-corrected chi connectivity index (χ1v) is 3.27. The van der Waals surface area contributed by atoms with E-state index in [0.29, 0.717) is 25.7 Å². The molecule has 0 aromatic carbocycles. The van der Waals surface area contributed by atoms with Crippen molar-refractivity contribution in [1.29, 1.82) is 0 Å². The van der Waals surface area contributed by atoms with Crippen molar-refractivity contribution in [3.8, 4) is 0 Å². The van der Waals surface area contributed by atoms with Crippen molar-refractivity contribution in [2.45, 2.75) is 32.0 Å². The first-order valence-electron chi connectivity index (χ1n) is 3.27. The Hall–Kier alpha value is -0.610. The largest absolute Gasteiger partial charge is 0.370 e. The van der Waals surface area contributed by atoms with E-state index in [1.165, 1.54) is 0 Å². The summed E-state index contributed by atoms with van der Waals surface area (Å²) in [5, 5.41) is 16.7. The lowest BCUT2D eigenvalue weighted by molar-refractivity contribution is -0.118. The van der Waals surface area contributed by atoms with Gasteiger partial charge in [-0.05, 0) is 19.3 Å². The van der Waals surface area contributed by atoms with E-state index >= 15 is 0 Å². The monoisotopic (exact) mass is 147 g/mol. The predicted octanol–water partition coefficient (Wildman–Crippen LogP) is -0.657. The zero-order valence-electron chi connectivity index (χ0n) is 5.79. The molecule has 0 bridgehead atoms. The molecule has 60 valence electrons. The Bertz CT molecular complexity index is 103. The third-order valence-corrected chi connectivity index (χ3v) is 1.14. The minimum Gasteiger partial charge on any atom is -0.370 e. The van der Waals surface area contributed by atoms with Gasteiger partial charge in [0, 0.05) is 6.42 Å². The van der Waals surface area contributed by atoms with Gasteiger partial charge in [-0.2, -0.15) is 0 Å². The Morgan fingerprint density at radius 2 is 2.00 bits per heavy atom. The van der Waals surface area contributed by atoms with Crippen molar-refractivity contribution in [2.75, 3.05) is 0 Å². The van der Waals surface area contributed by atoms with Crippen LogP contribution in [-0.4, -0.2) is 22.4 Å². The first-order chi connectivity index (χ1) is 4.63. The van der Waals surface area contributed by atoms with Crippen molar-refractivity contribution in [3.63, 3.8) is 0 Å². The summed E-state index contributed by atoms with van der Waals surface area (Å²) in [5.74, 6) is -0.340. The second kappa shape index (κ2) is 5.20. The first kappa shape index (κ1) is 9.39. The van der Waals surface area contributed by atoms with E-state index < -0.39 is 6.29 Å². The van der Waals surface area contributed by atoms with Gasteiger partial charge in [-0.15, -0.1) is 0 Å². The minimum atomic E-state index is -1.26. The van der Waals surface area contributed by atoms with Gasteiger partial charge in [0.1, 0.15) is 0 Å². The van der Waals surface area contributed by atoms with Gasteiger partial charge in [0.05, 0.1) is 0 Å². The van der Waals surface area contributed by atoms with Crippen LogP contribution in [0.2, 0.25) is 0 Å². The Morgan fingerprint density at radius 3 is 2.40 bits per heavy atom. The number of carbonyl (C=O) groups is 1. The Morgan fingerprint density at radius 1 is 1.40 bits per heavy atom. The molecule has 4 nitrogen and oxygen atoms in total. The number of aliphatic hydroxyl groups excluding tert-OH is 1. The normalized spacial score (nSPS) is 10.3. The number of hydrogen-bond acceptors (Lipinski definition) is 3. The lowest BCUT2D eigenvalue weighted by Crippen LogP contribution is -2.10. The molecule has 1 amide bonds. The number of unbranched alkanes of at least 4 members (excludes halogenated alkanes) is 1. The molecule has 0 heterocycles. The van der Waals surface area contributed by atoms with Crippen LogP contribution in [0.25, 0.3) is 0 Å². The average Bonchev–Trinajstić information content (AvgIpc) is 1.79. The summed E-state index contributed by atoms with van der Waals surface area (Å²) in [5.41, 5.74) is 4.85. The highest BCUT2D eigenvalue weighted by molar-refractivity contribution is 5.73. The zero-order valence-corrected chi connectivity index (χ0v) is 5.79. The van der Waals surface area contributed by atoms with Gasteiger partial charge in [0.2, 0.25) is 5.91 Å². The highest BCUT2D eigenvalue weighted by Gasteiger charge is 1.98. The molecule has 10 heavy (non-hydrogen) atoms. The Labute approximate surface area is 59.7 Å². The topological polar surface area (TPSA) is 83.6 Å². The van der Waals surface area contributed by atoms with Gasteiger partial charge in [0.25, 0.3) is 0 Å². The summed E-state index contributed by atoms with van der Waals surface area (Å²) in [7, 11) is 0. The van der Waals surface area contributed by atoms with Crippen molar-refractivity contribution in [3.05, 3.63) is 0 Å². The van der Waals surface area contributed by atoms with E-state index in [9.17, 15) is 4.79 Å². The molecule has 0 saturated carbocycles. The fourth-order valence-electron chi connectivity index (χ4n) is 0.626. The van der Waals surface area contributed by atoms with Crippen LogP contribution in [0.3, 0.4) is 0 Å². The molecule has 0 fully saturated rings. The molecule has 0 radical (unpaired) electrons. The van der Waals surface area contributed by atoms with Crippen molar-refractivity contribution >= 4 is 5.91 Å². The van der Waals surface area contributed by atoms with E-state index in [1.54, 1.807) is 0 Å². The van der Waals surface area contributed by atoms with Crippen LogP contribution in [-0.2, 0) is 4.79 Å². The fraction of sp³-hybridized carbons (Fsp3) is 0.833. The molecule has 0 aromatic rings. The quantitative estimate of drug-likeness (QED) is 0.356. The number of amides is 1. The van der Waals surface area contributed by atoms with Gasteiger partial charge >= 0.3 is 0 Å². The molecular formula is C6H13NO3. The Kier molecular flexibility index (Phi) is 4.88. The molecule has 0 spiro atoms. The summed E-state index contributed by atoms with van der Waals surface area (Å²) in [6.07, 6.45) is 0.640. The zero-order chi connectivity index (χ0) is 7.98. The minimum absolute atomic E-state index is 0.313. The van der Waals surface area contributed by atoms with Crippen molar-refractivity contribution < 1.29 is 15.0 Å². The van der Waals surface area contributed by atoms with Crippen LogP contribution in [0.15, 0.2) is 0 Å². The summed E-state index contributed by atoms with van der Waals surface area (Å²) in [6, 6.07) is 0. The standard InChI is InChI=1S/C6H13NO3/c7-5(8)3-1-2-4-6(9)10/h6,9-10H,1-4H2,(H2,7,8). The van der Waals surface area contributed by atoms with E-state index in [0.717, 1.165) is 0 Å². The van der Waals surface area contributed by atoms with Crippen LogP contribution in [0.4, 0.5) is 0 Å². The summed E-state index contributed by atoms with van der Waals surface area (Å²) in [6.45, 7) is 0. The van der Waals surface area contributed by atoms with Gasteiger partial charge in [-0.3, -0.25) is 4.79 Å². The SMILES string of the molecule is NC(=O)CCCCC(O)O. The molecule has 0 saturated heterocycles. The van der Waals surface area contributed by atoms with Crippen LogP contribution in [0, 0.1) is 0 Å². The van der Waals surface area contributed by atoms with Gasteiger partial charge in [-0.25, -0.2) is 0 Å². The third-order valence-electron chi connectivity index (χ3n) is 1.14. The van der Waals surface area contributed by atoms with E-state index in [4.69, 9.17) is 15.9 Å². The molecule has 0 aliphatic carbocycles. The molecule has 0 aromatic heterocycles. The van der Waals surface area contributed by atoms with E-state index in [2.05, 4.69) is 0 Å². The summed E-state index contributed by atoms with van der Waals surface area (Å²) in [4.78, 5) is 10.1. The van der Waals surface area contributed by atoms with Crippen LogP contribution >= 0.6 is 0 Å². The van der Waals surface area contributed by atoms with E-state index in [-0.39, 0.29) is 5.91 Å². The van der Waals surface area contributed by atoms with Crippen LogP contribution in [0.1, 0.15) is 25.7 Å². The predicted molar refractivity (Wildman–Crippen MR) is 35.9 cm³/mol. The van der Waals surface area contributed by atoms with Crippen LogP contribution < -0.4 is 5.73 Å². The molecule has 4 N–H and O–H groups in total. The number of aliphatic hydroxyl groups is 2. The van der Waals surface area contributed by atoms with Gasteiger partial charge in [0.15, 0.2) is 6.29 Å². The molecule has 0 atom stereocenters. The highest BCUT2D eigenvalue weighted by Crippen LogP contribution is 2.00. The maximum atomic E-state index is 10.1. The van der Waals surface area contributed by atoms with Crippen molar-refractivity contribution in [1.82, 2.24) is 0 Å². The van der Waals surface area contributed by atoms with Gasteiger partial charge in [-0.1, -0.05) is 0 Å². The number of rotatable bonds is 5. The molecule has 0 rings (SSSR count). The highest BCUT2D eigenvalue weighted by atomic mass is 16.5. The average molecular weight is 147 g/mol. The fourth-order valence-corrected chi connectivity index (χ4v) is 0.626. The maximum Gasteiger partial charge on any atom is 0.217 e. The molecular weight excluding hydrogens is 134 g/mol. The van der Waals surface area contributed by atoms with Crippen LogP contribution in [0.5, 0.6) is 0 Å². The third kappa shape index (κ3) is 7.39. The number of hydrogen-bond donors (Lipinski definition) is 3. The molecule has 0 aliphatic rings. The smallest absolute Gasteiger partial charge is 0.217 e. The number of carbonyl (C=O) groups excluding carboxylic acids is 1. The Balaban J connectivity index is 2.98. The number of nitrogens with two attached hydrogens (primary N) is 1. The lowest BCUT2D eigenvalue weighted by atomic mass is 10.2. The summed E-state index contributed by atoms with van der Waals surface area (Å²) >= 11 is 0. The summed E-state index contributed by atoms with van der Waals surface area (Å²) < 4.78 is 0.